The highest BCUT2D eigenvalue weighted by molar-refractivity contribution is 6.76. The van der Waals surface area contributed by atoms with Crippen LogP contribution >= 0.6 is 34.8 Å². The molecule has 0 radical (unpaired) electrons. The van der Waals surface area contributed by atoms with E-state index in [0.29, 0.717) is 6.42 Å². The fraction of sp³-hybridized carbons (Fsp3) is 0.286. The molecule has 1 aliphatic heterocycles. The van der Waals surface area contributed by atoms with Gasteiger partial charge in [0.2, 0.25) is 0 Å². The first-order valence-corrected chi connectivity index (χ1v) is 15.6. The molecule has 1 saturated heterocycles. The number of aliphatic hydroxyl groups is 1. The van der Waals surface area contributed by atoms with Crippen molar-refractivity contribution in [2.24, 2.45) is 0 Å². The van der Waals surface area contributed by atoms with Crippen molar-refractivity contribution >= 4 is 40.7 Å². The molecule has 4 aromatic carbocycles. The summed E-state index contributed by atoms with van der Waals surface area (Å²) in [5.41, 5.74) is 6.88. The standard InChI is InChI=1S/C35H35Cl3N2O4/c1-40(21-24-7-3-2-4-8-24)22-30-19-32(27-13-11-25(23-41)12-14-27)44-33(43-30)28-17-15-26(16-18-28)31-10-6-5-9-29(31)20-39-34(42)35(36,37)38/h2-18,30,32-33,41H,19-23H2,1H3,(H,39,42)/t30-,32+,33+/m1/s1. The zero-order valence-corrected chi connectivity index (χ0v) is 26.6. The quantitative estimate of drug-likeness (QED) is 0.173. The number of carbonyl (C=O) groups excluding carboxylic acids is 1. The highest BCUT2D eigenvalue weighted by Gasteiger charge is 2.33. The van der Waals surface area contributed by atoms with Crippen molar-refractivity contribution in [3.05, 3.63) is 131 Å². The maximum Gasteiger partial charge on any atom is 0.272 e. The van der Waals surface area contributed by atoms with Crippen LogP contribution in [-0.4, -0.2) is 39.4 Å². The lowest BCUT2D eigenvalue weighted by Gasteiger charge is -2.38. The predicted molar refractivity (Wildman–Crippen MR) is 175 cm³/mol. The Morgan fingerprint density at radius 2 is 1.52 bits per heavy atom. The number of aliphatic hydroxyl groups excluding tert-OH is 1. The Balaban J connectivity index is 1.34. The van der Waals surface area contributed by atoms with E-state index in [0.717, 1.165) is 46.5 Å². The third-order valence-corrected chi connectivity index (χ3v) is 8.15. The third kappa shape index (κ3) is 8.61. The summed E-state index contributed by atoms with van der Waals surface area (Å²) in [6, 6.07) is 34.1. The third-order valence-electron chi connectivity index (χ3n) is 7.63. The van der Waals surface area contributed by atoms with Crippen LogP contribution in [0.2, 0.25) is 0 Å². The summed E-state index contributed by atoms with van der Waals surface area (Å²) >= 11 is 17.2. The second kappa shape index (κ2) is 14.9. The van der Waals surface area contributed by atoms with Crippen LogP contribution in [0.15, 0.2) is 103 Å². The van der Waals surface area contributed by atoms with E-state index in [1.165, 1.54) is 5.56 Å². The molecule has 2 N–H and O–H groups in total. The normalized spacial score (nSPS) is 18.7. The van der Waals surface area contributed by atoms with E-state index in [9.17, 15) is 9.90 Å². The number of halogens is 3. The Morgan fingerprint density at radius 3 is 2.20 bits per heavy atom. The zero-order chi connectivity index (χ0) is 31.1. The van der Waals surface area contributed by atoms with E-state index in [1.54, 1.807) is 0 Å². The molecule has 9 heteroatoms. The minimum absolute atomic E-state index is 0.000795. The van der Waals surface area contributed by atoms with E-state index in [4.69, 9.17) is 44.3 Å². The second-order valence-corrected chi connectivity index (χ2v) is 13.3. The summed E-state index contributed by atoms with van der Waals surface area (Å²) in [6.45, 7) is 1.78. The molecule has 1 fully saturated rings. The van der Waals surface area contributed by atoms with Crippen molar-refractivity contribution in [2.45, 2.75) is 48.4 Å². The number of nitrogens with one attached hydrogen (secondary N) is 1. The molecule has 0 aromatic heterocycles. The number of rotatable bonds is 10. The second-order valence-electron chi connectivity index (χ2n) is 11.0. The lowest BCUT2D eigenvalue weighted by Crippen LogP contribution is -2.37. The Bertz CT molecular complexity index is 1510. The molecule has 0 unspecified atom stereocenters. The van der Waals surface area contributed by atoms with Gasteiger partial charge in [0.05, 0.1) is 18.8 Å². The number of benzene rings is 4. The molecule has 44 heavy (non-hydrogen) atoms. The average molecular weight is 654 g/mol. The number of ether oxygens (including phenoxy) is 2. The van der Waals surface area contributed by atoms with Crippen molar-refractivity contribution in [1.29, 1.82) is 0 Å². The van der Waals surface area contributed by atoms with Gasteiger partial charge in [-0.1, -0.05) is 138 Å². The zero-order valence-electron chi connectivity index (χ0n) is 24.3. The largest absolute Gasteiger partial charge is 0.392 e. The van der Waals surface area contributed by atoms with Gasteiger partial charge < -0.3 is 19.9 Å². The maximum absolute atomic E-state index is 12.1. The van der Waals surface area contributed by atoms with Crippen molar-refractivity contribution in [3.8, 4) is 11.1 Å². The maximum atomic E-state index is 12.1. The molecule has 0 bridgehead atoms. The number of alkyl halides is 3. The summed E-state index contributed by atoms with van der Waals surface area (Å²) in [5, 5.41) is 12.2. The Morgan fingerprint density at radius 1 is 0.864 bits per heavy atom. The highest BCUT2D eigenvalue weighted by atomic mass is 35.6. The highest BCUT2D eigenvalue weighted by Crippen LogP contribution is 2.39. The number of hydrogen-bond acceptors (Lipinski definition) is 5. The van der Waals surface area contributed by atoms with Crippen LogP contribution in [0.25, 0.3) is 11.1 Å². The molecule has 6 nitrogen and oxygen atoms in total. The van der Waals surface area contributed by atoms with Crippen LogP contribution in [0.5, 0.6) is 0 Å². The van der Waals surface area contributed by atoms with Crippen molar-refractivity contribution < 1.29 is 19.4 Å². The van der Waals surface area contributed by atoms with Gasteiger partial charge in [0.1, 0.15) is 0 Å². The van der Waals surface area contributed by atoms with Crippen LogP contribution in [0.1, 0.15) is 46.6 Å². The molecule has 5 rings (SSSR count). The van der Waals surface area contributed by atoms with Crippen LogP contribution in [0.3, 0.4) is 0 Å². The summed E-state index contributed by atoms with van der Waals surface area (Å²) in [4.78, 5) is 14.4. The van der Waals surface area contributed by atoms with Gasteiger partial charge in [0, 0.05) is 31.6 Å². The summed E-state index contributed by atoms with van der Waals surface area (Å²) < 4.78 is 11.1. The lowest BCUT2D eigenvalue weighted by molar-refractivity contribution is -0.252. The molecular formula is C35H35Cl3N2O4. The molecule has 0 saturated carbocycles. The van der Waals surface area contributed by atoms with Gasteiger partial charge in [-0.2, -0.15) is 0 Å². The first-order chi connectivity index (χ1) is 21.2. The SMILES string of the molecule is CN(Cc1ccccc1)C[C@H]1C[C@@H](c2ccc(CO)cc2)O[C@@H](c2ccc(-c3ccccc3CNC(=O)C(Cl)(Cl)Cl)cc2)O1. The van der Waals surface area contributed by atoms with E-state index < -0.39 is 16.0 Å². The number of likely N-dealkylation sites (N-methyl/N-ethyl adjacent to an activating group) is 1. The summed E-state index contributed by atoms with van der Waals surface area (Å²) in [7, 11) is 2.11. The molecule has 1 amide bonds. The fourth-order valence-corrected chi connectivity index (χ4v) is 5.59. The molecule has 4 aromatic rings. The molecule has 1 heterocycles. The van der Waals surface area contributed by atoms with Crippen molar-refractivity contribution in [1.82, 2.24) is 10.2 Å². The van der Waals surface area contributed by atoms with E-state index >= 15 is 0 Å². The minimum Gasteiger partial charge on any atom is -0.392 e. The number of hydrogen-bond donors (Lipinski definition) is 2. The molecular weight excluding hydrogens is 619 g/mol. The van der Waals surface area contributed by atoms with Gasteiger partial charge in [0.25, 0.3) is 9.70 Å². The van der Waals surface area contributed by atoms with Crippen LogP contribution in [0, 0.1) is 0 Å². The smallest absolute Gasteiger partial charge is 0.272 e. The Labute approximate surface area is 273 Å². The molecule has 0 spiro atoms. The monoisotopic (exact) mass is 652 g/mol. The lowest BCUT2D eigenvalue weighted by atomic mass is 9.97. The number of amides is 1. The number of carbonyl (C=O) groups is 1. The van der Waals surface area contributed by atoms with Gasteiger partial charge >= 0.3 is 0 Å². The number of nitrogens with zero attached hydrogens (tertiary/aromatic N) is 1. The van der Waals surface area contributed by atoms with Crippen molar-refractivity contribution in [3.63, 3.8) is 0 Å². The predicted octanol–water partition coefficient (Wildman–Crippen LogP) is 7.51. The summed E-state index contributed by atoms with van der Waals surface area (Å²) in [6.07, 6.45) is -0.0841. The summed E-state index contributed by atoms with van der Waals surface area (Å²) in [5.74, 6) is -0.677. The van der Waals surface area contributed by atoms with Gasteiger partial charge in [-0.05, 0) is 40.4 Å². The van der Waals surface area contributed by atoms with Crippen molar-refractivity contribution in [2.75, 3.05) is 13.6 Å². The fourth-order valence-electron chi connectivity index (χ4n) is 5.39. The Hall–Kier alpha value is -2.94. The average Bonchev–Trinajstić information content (AvgIpc) is 3.03. The van der Waals surface area contributed by atoms with E-state index in [1.807, 2.05) is 78.9 Å². The molecule has 1 aliphatic rings. The minimum atomic E-state index is -2.02. The van der Waals surface area contributed by atoms with E-state index in [-0.39, 0.29) is 25.4 Å². The van der Waals surface area contributed by atoms with E-state index in [2.05, 4.69) is 41.5 Å². The Kier molecular flexibility index (Phi) is 11.0. The van der Waals surface area contributed by atoms with Gasteiger partial charge in [-0.15, -0.1) is 0 Å². The van der Waals surface area contributed by atoms with Crippen LogP contribution in [-0.2, 0) is 34.0 Å². The van der Waals surface area contributed by atoms with Gasteiger partial charge in [0.15, 0.2) is 6.29 Å². The van der Waals surface area contributed by atoms with Crippen LogP contribution < -0.4 is 5.32 Å². The molecule has 3 atom stereocenters. The van der Waals surface area contributed by atoms with Gasteiger partial charge in [-0.3, -0.25) is 9.69 Å². The molecule has 0 aliphatic carbocycles. The first-order valence-electron chi connectivity index (χ1n) is 14.5. The van der Waals surface area contributed by atoms with Crippen LogP contribution in [0.4, 0.5) is 0 Å². The first kappa shape index (κ1) is 32.5. The van der Waals surface area contributed by atoms with Gasteiger partial charge in [-0.25, -0.2) is 0 Å². The molecule has 230 valence electrons. The topological polar surface area (TPSA) is 71.0 Å².